The van der Waals surface area contributed by atoms with Gasteiger partial charge in [0.05, 0.1) is 0 Å². The fourth-order valence-electron chi connectivity index (χ4n) is 3.70. The van der Waals surface area contributed by atoms with E-state index >= 15 is 0 Å². The van der Waals surface area contributed by atoms with Crippen molar-refractivity contribution in [2.24, 2.45) is 0 Å². The molecule has 2 fully saturated rings. The molecule has 18 heavy (non-hydrogen) atoms. The topological polar surface area (TPSA) is 24.5 Å². The summed E-state index contributed by atoms with van der Waals surface area (Å²) in [6, 6.07) is 1.33. The van der Waals surface area contributed by atoms with Crippen molar-refractivity contribution in [3.8, 4) is 0 Å². The zero-order valence-electron chi connectivity index (χ0n) is 12.4. The van der Waals surface area contributed by atoms with Crippen molar-refractivity contribution in [2.75, 3.05) is 26.8 Å². The highest BCUT2D eigenvalue weighted by Gasteiger charge is 2.39. The van der Waals surface area contributed by atoms with Crippen LogP contribution < -0.4 is 5.32 Å². The molecule has 1 N–H and O–H groups in total. The van der Waals surface area contributed by atoms with Gasteiger partial charge in [-0.25, -0.2) is 0 Å². The SMILES string of the molecule is COCCC(C)N1CC2(CCCC2)NCCC1C. The molecule has 2 rings (SSSR count). The first-order chi connectivity index (χ1) is 8.67. The van der Waals surface area contributed by atoms with Crippen molar-refractivity contribution < 1.29 is 4.74 Å². The lowest BCUT2D eigenvalue weighted by Gasteiger charge is -2.39. The molecule has 1 aliphatic carbocycles. The van der Waals surface area contributed by atoms with E-state index in [4.69, 9.17) is 4.74 Å². The molecule has 1 aliphatic heterocycles. The van der Waals surface area contributed by atoms with Gasteiger partial charge in [0.2, 0.25) is 0 Å². The van der Waals surface area contributed by atoms with Crippen molar-refractivity contribution in [1.82, 2.24) is 10.2 Å². The summed E-state index contributed by atoms with van der Waals surface area (Å²) in [5, 5.41) is 3.86. The largest absolute Gasteiger partial charge is 0.385 e. The molecule has 2 unspecified atom stereocenters. The van der Waals surface area contributed by atoms with Gasteiger partial charge >= 0.3 is 0 Å². The molecule has 2 aliphatic rings. The normalized spacial score (nSPS) is 30.5. The van der Waals surface area contributed by atoms with Crippen LogP contribution >= 0.6 is 0 Å². The summed E-state index contributed by atoms with van der Waals surface area (Å²) in [7, 11) is 1.80. The third-order valence-corrected chi connectivity index (χ3v) is 4.98. The van der Waals surface area contributed by atoms with Gasteiger partial charge in [0, 0.05) is 37.9 Å². The van der Waals surface area contributed by atoms with Crippen LogP contribution in [-0.4, -0.2) is 49.3 Å². The van der Waals surface area contributed by atoms with E-state index in [1.807, 2.05) is 0 Å². The smallest absolute Gasteiger partial charge is 0.0477 e. The highest BCUT2D eigenvalue weighted by molar-refractivity contribution is 4.99. The van der Waals surface area contributed by atoms with Crippen LogP contribution in [0.4, 0.5) is 0 Å². The van der Waals surface area contributed by atoms with Crippen LogP contribution in [0.5, 0.6) is 0 Å². The monoisotopic (exact) mass is 254 g/mol. The Bertz CT molecular complexity index is 251. The molecule has 0 aromatic carbocycles. The Kier molecular flexibility index (Phi) is 5.05. The number of nitrogens with zero attached hydrogens (tertiary/aromatic N) is 1. The van der Waals surface area contributed by atoms with Gasteiger partial charge in [-0.3, -0.25) is 4.90 Å². The third kappa shape index (κ3) is 3.25. The van der Waals surface area contributed by atoms with Gasteiger partial charge in [-0.05, 0) is 46.1 Å². The highest BCUT2D eigenvalue weighted by atomic mass is 16.5. The van der Waals surface area contributed by atoms with Gasteiger partial charge in [0.1, 0.15) is 0 Å². The van der Waals surface area contributed by atoms with Crippen molar-refractivity contribution in [1.29, 1.82) is 0 Å². The fraction of sp³-hybridized carbons (Fsp3) is 1.00. The van der Waals surface area contributed by atoms with Crippen LogP contribution in [0, 0.1) is 0 Å². The van der Waals surface area contributed by atoms with E-state index in [1.165, 1.54) is 45.2 Å². The molecule has 1 saturated carbocycles. The molecule has 3 heteroatoms. The van der Waals surface area contributed by atoms with E-state index in [2.05, 4.69) is 24.1 Å². The molecule has 106 valence electrons. The molecule has 0 aromatic rings. The maximum Gasteiger partial charge on any atom is 0.0477 e. The molecular formula is C15H30N2O. The van der Waals surface area contributed by atoms with Gasteiger partial charge in [0.25, 0.3) is 0 Å². The van der Waals surface area contributed by atoms with Crippen LogP contribution in [0.15, 0.2) is 0 Å². The first-order valence-corrected chi connectivity index (χ1v) is 7.66. The van der Waals surface area contributed by atoms with Crippen LogP contribution in [0.25, 0.3) is 0 Å². The summed E-state index contributed by atoms with van der Waals surface area (Å²) in [6.45, 7) is 8.06. The van der Waals surface area contributed by atoms with Crippen LogP contribution in [0.1, 0.15) is 52.4 Å². The minimum atomic E-state index is 0.423. The summed E-state index contributed by atoms with van der Waals surface area (Å²) in [5.74, 6) is 0. The van der Waals surface area contributed by atoms with Crippen molar-refractivity contribution in [2.45, 2.75) is 70.0 Å². The van der Waals surface area contributed by atoms with Gasteiger partial charge in [-0.1, -0.05) is 12.8 Å². The number of ether oxygens (including phenoxy) is 1. The van der Waals surface area contributed by atoms with E-state index in [0.29, 0.717) is 17.6 Å². The fourth-order valence-corrected chi connectivity index (χ4v) is 3.70. The molecular weight excluding hydrogens is 224 g/mol. The minimum Gasteiger partial charge on any atom is -0.385 e. The predicted octanol–water partition coefficient (Wildman–Crippen LogP) is 2.41. The lowest BCUT2D eigenvalue weighted by atomic mass is 9.96. The van der Waals surface area contributed by atoms with Crippen molar-refractivity contribution in [3.05, 3.63) is 0 Å². The molecule has 2 atom stereocenters. The third-order valence-electron chi connectivity index (χ3n) is 4.98. The van der Waals surface area contributed by atoms with E-state index in [9.17, 15) is 0 Å². The number of rotatable bonds is 4. The van der Waals surface area contributed by atoms with Crippen LogP contribution in [-0.2, 0) is 4.74 Å². The molecule has 1 spiro atoms. The molecule has 1 heterocycles. The molecule has 0 amide bonds. The van der Waals surface area contributed by atoms with Crippen LogP contribution in [0.2, 0.25) is 0 Å². The molecule has 0 radical (unpaired) electrons. The highest BCUT2D eigenvalue weighted by Crippen LogP contribution is 2.33. The van der Waals surface area contributed by atoms with Crippen molar-refractivity contribution >= 4 is 0 Å². The zero-order valence-corrected chi connectivity index (χ0v) is 12.4. The molecule has 1 saturated heterocycles. The number of hydrogen-bond donors (Lipinski definition) is 1. The maximum absolute atomic E-state index is 5.24. The molecule has 0 bridgehead atoms. The second-order valence-corrected chi connectivity index (χ2v) is 6.35. The number of methoxy groups -OCH3 is 1. The summed E-state index contributed by atoms with van der Waals surface area (Å²) in [5.41, 5.74) is 0.423. The first-order valence-electron chi connectivity index (χ1n) is 7.66. The van der Waals surface area contributed by atoms with Crippen molar-refractivity contribution in [3.63, 3.8) is 0 Å². The Balaban J connectivity index is 2.00. The molecule has 3 nitrogen and oxygen atoms in total. The van der Waals surface area contributed by atoms with E-state index in [1.54, 1.807) is 7.11 Å². The van der Waals surface area contributed by atoms with Gasteiger partial charge in [-0.15, -0.1) is 0 Å². The second-order valence-electron chi connectivity index (χ2n) is 6.35. The standard InChI is InChI=1S/C15H30N2O/c1-13-6-10-16-15(8-4-5-9-15)12-17(13)14(2)7-11-18-3/h13-14,16H,4-12H2,1-3H3. The van der Waals surface area contributed by atoms with Gasteiger partial charge in [0.15, 0.2) is 0 Å². The minimum absolute atomic E-state index is 0.423. The predicted molar refractivity (Wildman–Crippen MR) is 75.9 cm³/mol. The Morgan fingerprint density at radius 3 is 2.78 bits per heavy atom. The summed E-state index contributed by atoms with van der Waals surface area (Å²) in [6.07, 6.45) is 7.97. The van der Waals surface area contributed by atoms with Crippen LogP contribution in [0.3, 0.4) is 0 Å². The second kappa shape index (κ2) is 6.36. The Morgan fingerprint density at radius 2 is 2.11 bits per heavy atom. The van der Waals surface area contributed by atoms with E-state index < -0.39 is 0 Å². The Hall–Kier alpha value is -0.120. The van der Waals surface area contributed by atoms with Gasteiger partial charge < -0.3 is 10.1 Å². The summed E-state index contributed by atoms with van der Waals surface area (Å²) >= 11 is 0. The average Bonchev–Trinajstić information content (AvgIpc) is 2.74. The Labute approximate surface area is 112 Å². The Morgan fingerprint density at radius 1 is 1.39 bits per heavy atom. The first kappa shape index (κ1) is 14.3. The average molecular weight is 254 g/mol. The maximum atomic E-state index is 5.24. The quantitative estimate of drug-likeness (QED) is 0.834. The lowest BCUT2D eigenvalue weighted by molar-refractivity contribution is 0.0927. The summed E-state index contributed by atoms with van der Waals surface area (Å²) < 4.78 is 5.24. The summed E-state index contributed by atoms with van der Waals surface area (Å²) in [4.78, 5) is 2.73. The number of nitrogens with one attached hydrogen (secondary N) is 1. The zero-order chi connectivity index (χ0) is 13.0. The molecule has 0 aromatic heterocycles. The lowest BCUT2D eigenvalue weighted by Crippen LogP contribution is -2.52. The van der Waals surface area contributed by atoms with E-state index in [0.717, 1.165) is 13.0 Å². The number of hydrogen-bond acceptors (Lipinski definition) is 3. The van der Waals surface area contributed by atoms with Gasteiger partial charge in [-0.2, -0.15) is 0 Å². The van der Waals surface area contributed by atoms with E-state index in [-0.39, 0.29) is 0 Å².